The second-order valence-corrected chi connectivity index (χ2v) is 8.06. The third-order valence-corrected chi connectivity index (χ3v) is 6.22. The highest BCUT2D eigenvalue weighted by molar-refractivity contribution is 7.98. The topological polar surface area (TPSA) is 55.6 Å². The molecule has 0 spiro atoms. The minimum Gasteiger partial charge on any atom is -0.492 e. The number of carbonyl (C=O) groups excluding carboxylic acids is 1. The van der Waals surface area contributed by atoms with Crippen LogP contribution in [0, 0.1) is 0 Å². The zero-order valence-electron chi connectivity index (χ0n) is 16.1. The molecule has 7 heteroatoms. The second kappa shape index (κ2) is 8.71. The number of hydrogen-bond donors (Lipinski definition) is 0. The van der Waals surface area contributed by atoms with Crippen molar-refractivity contribution < 1.29 is 13.9 Å². The van der Waals surface area contributed by atoms with E-state index in [0.29, 0.717) is 29.6 Å². The first-order valence-corrected chi connectivity index (χ1v) is 11.2. The third kappa shape index (κ3) is 4.02. The van der Waals surface area contributed by atoms with E-state index in [1.54, 1.807) is 22.9 Å². The molecular formula is C22H20N2O3S2. The van der Waals surface area contributed by atoms with Gasteiger partial charge in [-0.1, -0.05) is 29.5 Å². The van der Waals surface area contributed by atoms with Gasteiger partial charge in [-0.15, -0.1) is 11.8 Å². The van der Waals surface area contributed by atoms with Crippen LogP contribution in [-0.2, 0) is 6.54 Å². The van der Waals surface area contributed by atoms with Crippen LogP contribution in [-0.4, -0.2) is 23.8 Å². The Bertz CT molecular complexity index is 1120. The zero-order chi connectivity index (χ0) is 20.2. The Kier molecular flexibility index (Phi) is 5.87. The maximum atomic E-state index is 13.5. The first kappa shape index (κ1) is 19.5. The summed E-state index contributed by atoms with van der Waals surface area (Å²) in [6, 6.07) is 17.1. The number of benzene rings is 2. The maximum Gasteiger partial charge on any atom is 0.261 e. The lowest BCUT2D eigenvalue weighted by Crippen LogP contribution is -2.30. The molecule has 29 heavy (non-hydrogen) atoms. The molecule has 148 valence electrons. The minimum atomic E-state index is -0.108. The summed E-state index contributed by atoms with van der Waals surface area (Å²) < 4.78 is 12.2. The quantitative estimate of drug-likeness (QED) is 0.348. The number of para-hydroxylation sites is 1. The summed E-state index contributed by atoms with van der Waals surface area (Å²) in [5.41, 5.74) is 1.42. The van der Waals surface area contributed by atoms with Crippen LogP contribution in [0.1, 0.15) is 23.0 Å². The smallest absolute Gasteiger partial charge is 0.261 e. The standard InChI is InChI=1S/C22H20N2O3S2/c1-3-26-17-10-6-12-19-20(17)23-22(29-19)24(14-15-8-7-13-27-15)21(25)16-9-4-5-11-18(16)28-2/h4-13H,3,14H2,1-2H3. The van der Waals surface area contributed by atoms with Crippen molar-refractivity contribution in [1.82, 2.24) is 4.98 Å². The first-order chi connectivity index (χ1) is 14.2. The summed E-state index contributed by atoms with van der Waals surface area (Å²) in [5, 5.41) is 0.615. The summed E-state index contributed by atoms with van der Waals surface area (Å²) in [6.45, 7) is 2.80. The van der Waals surface area contributed by atoms with Crippen molar-refractivity contribution >= 4 is 44.4 Å². The molecule has 0 saturated carbocycles. The van der Waals surface area contributed by atoms with E-state index in [2.05, 4.69) is 0 Å². The van der Waals surface area contributed by atoms with Crippen LogP contribution in [0.25, 0.3) is 10.2 Å². The van der Waals surface area contributed by atoms with Crippen molar-refractivity contribution in [2.24, 2.45) is 0 Å². The number of nitrogens with zero attached hydrogens (tertiary/aromatic N) is 2. The fraction of sp³-hybridized carbons (Fsp3) is 0.182. The van der Waals surface area contributed by atoms with Crippen LogP contribution < -0.4 is 9.64 Å². The van der Waals surface area contributed by atoms with E-state index in [4.69, 9.17) is 14.1 Å². The number of thiazole rings is 1. The Balaban J connectivity index is 1.79. The van der Waals surface area contributed by atoms with E-state index in [1.165, 1.54) is 11.3 Å². The van der Waals surface area contributed by atoms with E-state index >= 15 is 0 Å². The number of aromatic nitrogens is 1. The molecule has 2 aromatic carbocycles. The maximum absolute atomic E-state index is 13.5. The fourth-order valence-corrected chi connectivity index (χ4v) is 4.62. The largest absolute Gasteiger partial charge is 0.492 e. The Labute approximate surface area is 177 Å². The number of hydrogen-bond acceptors (Lipinski definition) is 6. The van der Waals surface area contributed by atoms with Crippen molar-refractivity contribution in [2.75, 3.05) is 17.8 Å². The van der Waals surface area contributed by atoms with E-state index in [1.807, 2.05) is 67.8 Å². The van der Waals surface area contributed by atoms with Crippen LogP contribution in [0.5, 0.6) is 5.75 Å². The lowest BCUT2D eigenvalue weighted by molar-refractivity contribution is 0.0980. The number of amides is 1. The summed E-state index contributed by atoms with van der Waals surface area (Å²) in [7, 11) is 0. The fourth-order valence-electron chi connectivity index (χ4n) is 3.05. The molecule has 5 nitrogen and oxygen atoms in total. The molecular weight excluding hydrogens is 404 g/mol. The SMILES string of the molecule is CCOc1cccc2sc(N(Cc3ccco3)C(=O)c3ccccc3SC)nc12. The molecule has 4 aromatic rings. The molecule has 0 N–H and O–H groups in total. The third-order valence-electron chi connectivity index (χ3n) is 4.38. The molecule has 0 bridgehead atoms. The first-order valence-electron chi connectivity index (χ1n) is 9.21. The van der Waals surface area contributed by atoms with Crippen LogP contribution in [0.3, 0.4) is 0 Å². The number of fused-ring (bicyclic) bond motifs is 1. The van der Waals surface area contributed by atoms with E-state index in [0.717, 1.165) is 20.9 Å². The molecule has 0 aliphatic heterocycles. The Morgan fingerprint density at radius 2 is 2.03 bits per heavy atom. The molecule has 0 aliphatic rings. The molecule has 0 saturated heterocycles. The normalized spacial score (nSPS) is 11.0. The van der Waals surface area contributed by atoms with Gasteiger partial charge in [-0.3, -0.25) is 9.69 Å². The van der Waals surface area contributed by atoms with Gasteiger partial charge in [-0.25, -0.2) is 4.98 Å². The number of furan rings is 1. The predicted molar refractivity (Wildman–Crippen MR) is 118 cm³/mol. The van der Waals surface area contributed by atoms with Crippen molar-refractivity contribution in [3.8, 4) is 5.75 Å². The second-order valence-electron chi connectivity index (χ2n) is 6.20. The van der Waals surface area contributed by atoms with E-state index < -0.39 is 0 Å². The van der Waals surface area contributed by atoms with Gasteiger partial charge in [-0.05, 0) is 49.6 Å². The summed E-state index contributed by atoms with van der Waals surface area (Å²) >= 11 is 3.02. The van der Waals surface area contributed by atoms with Gasteiger partial charge < -0.3 is 9.15 Å². The average molecular weight is 425 g/mol. The highest BCUT2D eigenvalue weighted by Crippen LogP contribution is 2.36. The minimum absolute atomic E-state index is 0.108. The number of rotatable bonds is 7. The van der Waals surface area contributed by atoms with Crippen molar-refractivity contribution in [1.29, 1.82) is 0 Å². The van der Waals surface area contributed by atoms with Crippen molar-refractivity contribution in [3.05, 3.63) is 72.2 Å². The molecule has 0 aliphatic carbocycles. The van der Waals surface area contributed by atoms with E-state index in [-0.39, 0.29) is 5.91 Å². The highest BCUT2D eigenvalue weighted by Gasteiger charge is 2.25. The van der Waals surface area contributed by atoms with Crippen LogP contribution in [0.4, 0.5) is 5.13 Å². The Morgan fingerprint density at radius 3 is 2.79 bits per heavy atom. The zero-order valence-corrected chi connectivity index (χ0v) is 17.8. The lowest BCUT2D eigenvalue weighted by Gasteiger charge is -2.20. The summed E-state index contributed by atoms with van der Waals surface area (Å²) in [5.74, 6) is 1.31. The lowest BCUT2D eigenvalue weighted by atomic mass is 10.2. The number of anilines is 1. The van der Waals surface area contributed by atoms with Gasteiger partial charge in [0.1, 0.15) is 17.0 Å². The van der Waals surface area contributed by atoms with Gasteiger partial charge in [0, 0.05) is 4.90 Å². The molecule has 0 atom stereocenters. The van der Waals surface area contributed by atoms with E-state index in [9.17, 15) is 4.79 Å². The van der Waals surface area contributed by atoms with Gasteiger partial charge in [0.15, 0.2) is 5.13 Å². The van der Waals surface area contributed by atoms with Gasteiger partial charge in [0.25, 0.3) is 5.91 Å². The van der Waals surface area contributed by atoms with Crippen molar-refractivity contribution in [3.63, 3.8) is 0 Å². The van der Waals surface area contributed by atoms with Gasteiger partial charge >= 0.3 is 0 Å². The average Bonchev–Trinajstić information content (AvgIpc) is 3.41. The summed E-state index contributed by atoms with van der Waals surface area (Å²) in [4.78, 5) is 20.9. The molecule has 4 rings (SSSR count). The Morgan fingerprint density at radius 1 is 1.17 bits per heavy atom. The molecule has 2 aromatic heterocycles. The number of thioether (sulfide) groups is 1. The Hall–Kier alpha value is -2.77. The number of carbonyl (C=O) groups is 1. The van der Waals surface area contributed by atoms with Gasteiger partial charge in [0.05, 0.1) is 29.7 Å². The molecule has 0 radical (unpaired) electrons. The predicted octanol–water partition coefficient (Wildman–Crippen LogP) is 5.86. The monoisotopic (exact) mass is 424 g/mol. The van der Waals surface area contributed by atoms with Crippen LogP contribution in [0.15, 0.2) is 70.2 Å². The molecule has 0 fully saturated rings. The summed E-state index contributed by atoms with van der Waals surface area (Å²) in [6.07, 6.45) is 3.58. The molecule has 0 unspecified atom stereocenters. The number of ether oxygens (including phenoxy) is 1. The van der Waals surface area contributed by atoms with Gasteiger partial charge in [0.2, 0.25) is 0 Å². The molecule has 2 heterocycles. The van der Waals surface area contributed by atoms with Crippen molar-refractivity contribution in [2.45, 2.75) is 18.4 Å². The molecule has 1 amide bonds. The highest BCUT2D eigenvalue weighted by atomic mass is 32.2. The van der Waals surface area contributed by atoms with Crippen LogP contribution in [0.2, 0.25) is 0 Å². The van der Waals surface area contributed by atoms with Crippen LogP contribution >= 0.6 is 23.1 Å². The van der Waals surface area contributed by atoms with Gasteiger partial charge in [-0.2, -0.15) is 0 Å².